The molecule has 6 amide bonds. The second kappa shape index (κ2) is 49.2. The van der Waals surface area contributed by atoms with E-state index in [2.05, 4.69) is 31.3 Å². The summed E-state index contributed by atoms with van der Waals surface area (Å²) in [4.78, 5) is 138. The van der Waals surface area contributed by atoms with Gasteiger partial charge >= 0.3 is 17.9 Å². The zero-order valence-electron chi connectivity index (χ0n) is 51.5. The van der Waals surface area contributed by atoms with Gasteiger partial charge in [0.25, 0.3) is 23.6 Å². The molecule has 0 saturated carbocycles. The number of aliphatic hydroxyl groups is 20. The summed E-state index contributed by atoms with van der Waals surface area (Å²) >= 11 is 0. The standard InChI is InChI=1S/C50H87N11O36/c62-18-30(70)47(90)43(86)26(66)9-53-94-22-36(76)60(37(77)23-95-54-10-27(67)44(87)48(91)31(71)19-63)3-1-51-34(74)13-58(16-41(82)83)7-5-57(15-40(80)81)6-8-59(17-42(84)85)14-35(75)52-2-4-61(38(78)24-96-55-11-28(68)45(88)49(92)32(72)20-64)39(79)25-97-56-12-29(69)46(89)50(93)33(73)21-65/h9-12,26-33,43-50,62-73,86-93H,1-8,13-25H2,(H,51,74)(H,52,75)(H,80,81)(H,82,83)(H,84,85)/b53-9+,54-10+,55-11+,56-12+/t26?,27?,28?,29?,30?,31?,32?,33?,43-,44-,45-,46-,47+,48+,49+,50+/m0/s1. The monoisotopic (exact) mass is 1420 g/mol. The molecule has 0 aromatic carbocycles. The van der Waals surface area contributed by atoms with E-state index in [0.717, 1.165) is 14.7 Å². The molecule has 0 aromatic heterocycles. The fourth-order valence-electron chi connectivity index (χ4n) is 7.35. The van der Waals surface area contributed by atoms with Crippen molar-refractivity contribution in [3.8, 4) is 0 Å². The average molecular weight is 1420 g/mol. The first-order chi connectivity index (χ1) is 45.6. The number of aliphatic carboxylic acids is 3. The summed E-state index contributed by atoms with van der Waals surface area (Å²) in [6, 6.07) is 0. The molecule has 0 heterocycles. The van der Waals surface area contributed by atoms with Gasteiger partial charge in [0, 0.05) is 52.4 Å². The highest BCUT2D eigenvalue weighted by atomic mass is 16.6. The van der Waals surface area contributed by atoms with Gasteiger partial charge in [-0.1, -0.05) is 20.6 Å². The molecular weight excluding hydrogens is 1330 g/mol. The van der Waals surface area contributed by atoms with Gasteiger partial charge in [-0.15, -0.1) is 0 Å². The zero-order chi connectivity index (χ0) is 74.1. The lowest BCUT2D eigenvalue weighted by Gasteiger charge is -2.28. The number of nitrogens with zero attached hydrogens (tertiary/aromatic N) is 9. The van der Waals surface area contributed by atoms with E-state index in [1.165, 1.54) is 0 Å². The van der Waals surface area contributed by atoms with Crippen LogP contribution < -0.4 is 10.6 Å². The molecule has 0 aliphatic carbocycles. The van der Waals surface area contributed by atoms with Crippen LogP contribution in [0.4, 0.5) is 0 Å². The van der Waals surface area contributed by atoms with Crippen molar-refractivity contribution in [1.29, 1.82) is 0 Å². The highest BCUT2D eigenvalue weighted by Gasteiger charge is 2.34. The SMILES string of the molecule is O=C(O)CN(CCN(CC(=O)O)CC(=O)NCCN(C(=O)CO/N=C/C(O)[C@H](O)[C@H](O)C(O)CO)C(=O)CO/N=C/C(O)[C@H](O)[C@H](O)C(O)CO)CCN(CC(=O)O)CC(=O)NCCN(C(=O)CO/N=C/C(O)[C@H](O)[C@H](O)C(O)CO)C(=O)CO/N=C/C(O)[C@H](O)[C@H](O)C(O)CO. The van der Waals surface area contributed by atoms with E-state index < -0.39 is 276 Å². The Labute approximate surface area is 548 Å². The molecule has 0 fully saturated rings. The quantitative estimate of drug-likeness (QED) is 0.0199. The molecule has 97 heavy (non-hydrogen) atoms. The van der Waals surface area contributed by atoms with Gasteiger partial charge in [0.1, 0.15) is 97.7 Å². The number of aliphatic hydroxyl groups excluding tert-OH is 20. The van der Waals surface area contributed by atoms with Crippen LogP contribution in [0.5, 0.6) is 0 Å². The Hall–Kier alpha value is -7.41. The van der Waals surface area contributed by atoms with Crippen molar-refractivity contribution in [3.63, 3.8) is 0 Å². The first kappa shape index (κ1) is 89.6. The molecular formula is C50H87N11O36. The number of imide groups is 2. The van der Waals surface area contributed by atoms with Crippen molar-refractivity contribution in [3.05, 3.63) is 0 Å². The summed E-state index contributed by atoms with van der Waals surface area (Å²) in [5.74, 6) is -11.4. The highest BCUT2D eigenvalue weighted by Crippen LogP contribution is 2.09. The lowest BCUT2D eigenvalue weighted by molar-refractivity contribution is -0.152. The Morgan fingerprint density at radius 2 is 0.536 bits per heavy atom. The third kappa shape index (κ3) is 36.7. The van der Waals surface area contributed by atoms with E-state index in [9.17, 15) is 140 Å². The molecule has 16 atom stereocenters. The first-order valence-electron chi connectivity index (χ1n) is 28.6. The van der Waals surface area contributed by atoms with Crippen LogP contribution in [0.2, 0.25) is 0 Å². The minimum Gasteiger partial charge on any atom is -0.480 e. The molecule has 0 aliphatic heterocycles. The maximum Gasteiger partial charge on any atom is 0.317 e. The molecule has 8 unspecified atom stereocenters. The Morgan fingerprint density at radius 1 is 0.320 bits per heavy atom. The molecule has 0 saturated heterocycles. The van der Waals surface area contributed by atoms with Crippen molar-refractivity contribution in [2.75, 3.05) is 138 Å². The number of amides is 6. The number of nitrogens with one attached hydrogen (secondary N) is 2. The van der Waals surface area contributed by atoms with Crippen LogP contribution in [0.3, 0.4) is 0 Å². The summed E-state index contributed by atoms with van der Waals surface area (Å²) < 4.78 is 0. The Morgan fingerprint density at radius 3 is 0.753 bits per heavy atom. The molecule has 25 N–H and O–H groups in total. The number of carbonyl (C=O) groups is 9. The van der Waals surface area contributed by atoms with Gasteiger partial charge in [0.05, 0.1) is 84.0 Å². The van der Waals surface area contributed by atoms with Gasteiger partial charge in [-0.3, -0.25) is 67.7 Å². The van der Waals surface area contributed by atoms with Crippen molar-refractivity contribution in [2.45, 2.75) is 97.7 Å². The summed E-state index contributed by atoms with van der Waals surface area (Å²) in [5.41, 5.74) is 0. The van der Waals surface area contributed by atoms with E-state index in [1.54, 1.807) is 0 Å². The third-order valence-corrected chi connectivity index (χ3v) is 12.8. The Bertz CT molecular complexity index is 2230. The van der Waals surface area contributed by atoms with Crippen molar-refractivity contribution in [2.24, 2.45) is 20.6 Å². The Balaban J connectivity index is 6.24. The summed E-state index contributed by atoms with van der Waals surface area (Å²) in [6.45, 7) is -16.9. The maximum atomic E-state index is 13.2. The summed E-state index contributed by atoms with van der Waals surface area (Å²) in [5, 5.41) is 239. The summed E-state index contributed by atoms with van der Waals surface area (Å²) in [6.07, 6.45) is -30.9. The van der Waals surface area contributed by atoms with Crippen LogP contribution in [-0.4, -0.2) is 456 Å². The molecule has 0 rings (SSSR count). The number of hydrogen-bond acceptors (Lipinski definition) is 40. The van der Waals surface area contributed by atoms with E-state index in [0.29, 0.717) is 34.7 Å². The Kier molecular flexibility index (Phi) is 45.4. The molecule has 0 aromatic rings. The molecule has 0 spiro atoms. The van der Waals surface area contributed by atoms with Crippen molar-refractivity contribution in [1.82, 2.24) is 35.1 Å². The number of hydrogen-bond donors (Lipinski definition) is 25. The topological polar surface area (TPSA) is 746 Å². The zero-order valence-corrected chi connectivity index (χ0v) is 51.5. The van der Waals surface area contributed by atoms with Gasteiger partial charge in [-0.25, -0.2) is 0 Å². The van der Waals surface area contributed by atoms with Crippen LogP contribution in [0.1, 0.15) is 0 Å². The van der Waals surface area contributed by atoms with E-state index in [1.807, 2.05) is 0 Å². The predicted molar refractivity (Wildman–Crippen MR) is 314 cm³/mol. The van der Waals surface area contributed by atoms with Gasteiger partial charge in [-0.2, -0.15) is 0 Å². The smallest absolute Gasteiger partial charge is 0.317 e. The van der Waals surface area contributed by atoms with E-state index in [4.69, 9.17) is 39.8 Å². The number of carboxylic acid groups (broad SMARTS) is 3. The second-order valence-corrected chi connectivity index (χ2v) is 20.5. The predicted octanol–water partition coefficient (Wildman–Crippen LogP) is -18.2. The van der Waals surface area contributed by atoms with Gasteiger partial charge in [-0.05, 0) is 0 Å². The van der Waals surface area contributed by atoms with Crippen molar-refractivity contribution < 1.29 is 180 Å². The fourth-order valence-corrected chi connectivity index (χ4v) is 7.35. The van der Waals surface area contributed by atoms with E-state index in [-0.39, 0.29) is 13.1 Å². The molecule has 47 nitrogen and oxygen atoms in total. The number of rotatable bonds is 54. The first-order valence-corrected chi connectivity index (χ1v) is 28.6. The highest BCUT2D eigenvalue weighted by molar-refractivity contribution is 5.97. The molecule has 558 valence electrons. The number of carbonyl (C=O) groups excluding carboxylic acids is 6. The molecule has 47 heteroatoms. The lowest BCUT2D eigenvalue weighted by Crippen LogP contribution is -2.49. The normalized spacial score (nSPS) is 17.1. The third-order valence-electron chi connectivity index (χ3n) is 12.8. The summed E-state index contributed by atoms with van der Waals surface area (Å²) in [7, 11) is 0. The number of oxime groups is 4. The minimum atomic E-state index is -2.14. The lowest BCUT2D eigenvalue weighted by atomic mass is 10.0. The van der Waals surface area contributed by atoms with Gasteiger partial charge < -0.3 is 147 Å². The molecule has 0 radical (unpaired) electrons. The maximum absolute atomic E-state index is 13.2. The van der Waals surface area contributed by atoms with Crippen LogP contribution in [0.25, 0.3) is 0 Å². The minimum absolute atomic E-state index is 0.354. The number of carboxylic acids is 3. The van der Waals surface area contributed by atoms with Crippen LogP contribution in [0.15, 0.2) is 20.6 Å². The average Bonchev–Trinajstić information content (AvgIpc) is 1.88. The molecule has 0 aliphatic rings. The van der Waals surface area contributed by atoms with Crippen LogP contribution in [-0.2, 0) is 62.5 Å². The van der Waals surface area contributed by atoms with Gasteiger partial charge in [0.15, 0.2) is 26.4 Å². The largest absolute Gasteiger partial charge is 0.480 e. The van der Waals surface area contributed by atoms with E-state index >= 15 is 0 Å². The van der Waals surface area contributed by atoms with Crippen LogP contribution in [0, 0.1) is 0 Å². The second-order valence-electron chi connectivity index (χ2n) is 20.5. The van der Waals surface area contributed by atoms with Crippen LogP contribution >= 0.6 is 0 Å². The fraction of sp³-hybridized carbons (Fsp3) is 0.740. The van der Waals surface area contributed by atoms with Gasteiger partial charge in [0.2, 0.25) is 11.8 Å². The van der Waals surface area contributed by atoms with Crippen molar-refractivity contribution >= 4 is 78.2 Å². The molecule has 0 bridgehead atoms.